The molecule has 2 heterocycles. The predicted molar refractivity (Wildman–Crippen MR) is 95.3 cm³/mol. The summed E-state index contributed by atoms with van der Waals surface area (Å²) < 4.78 is 0. The average molecular weight is 334 g/mol. The number of nitrogens with one attached hydrogen (secondary N) is 2. The van der Waals surface area contributed by atoms with Gasteiger partial charge < -0.3 is 20.2 Å². The normalized spacial score (nSPS) is 11.2. The van der Waals surface area contributed by atoms with E-state index in [2.05, 4.69) is 9.97 Å². The van der Waals surface area contributed by atoms with E-state index in [0.717, 1.165) is 21.9 Å². The molecule has 0 aliphatic heterocycles. The smallest absolute Gasteiger partial charge is 0.248 e. The molecule has 0 saturated carbocycles. The molecular weight excluding hydrogens is 320 g/mol. The van der Waals surface area contributed by atoms with Gasteiger partial charge in [0.1, 0.15) is 11.5 Å². The summed E-state index contributed by atoms with van der Waals surface area (Å²) in [5.74, 6) is 0.0210. The van der Waals surface area contributed by atoms with Crippen LogP contribution in [0.4, 0.5) is 0 Å². The minimum atomic E-state index is -0.285. The second-order valence-electron chi connectivity index (χ2n) is 5.89. The highest BCUT2D eigenvalue weighted by Crippen LogP contribution is 2.30. The topological polar surface area (TPSA) is 106 Å². The van der Waals surface area contributed by atoms with Crippen molar-refractivity contribution in [2.75, 3.05) is 0 Å². The van der Waals surface area contributed by atoms with Crippen molar-refractivity contribution in [3.8, 4) is 11.5 Å². The molecule has 0 fully saturated rings. The maximum Gasteiger partial charge on any atom is 0.248 e. The van der Waals surface area contributed by atoms with Crippen LogP contribution >= 0.6 is 0 Å². The number of pyridine rings is 2. The quantitative estimate of drug-likeness (QED) is 0.451. The summed E-state index contributed by atoms with van der Waals surface area (Å²) in [7, 11) is 0. The van der Waals surface area contributed by atoms with Gasteiger partial charge in [0, 0.05) is 22.9 Å². The molecule has 0 bridgehead atoms. The van der Waals surface area contributed by atoms with Gasteiger partial charge in [-0.25, -0.2) is 0 Å². The molecule has 6 nitrogen and oxygen atoms in total. The minimum Gasteiger partial charge on any atom is -0.506 e. The molecule has 0 atom stereocenters. The predicted octanol–water partition coefficient (Wildman–Crippen LogP) is 2.37. The molecule has 25 heavy (non-hydrogen) atoms. The van der Waals surface area contributed by atoms with E-state index in [1.807, 2.05) is 0 Å². The Morgan fingerprint density at radius 3 is 1.52 bits per heavy atom. The number of phenolic OH excluding ortho intramolecular Hbond substituents is 2. The zero-order chi connectivity index (χ0) is 17.6. The summed E-state index contributed by atoms with van der Waals surface area (Å²) in [6.45, 7) is 0. The van der Waals surface area contributed by atoms with Crippen LogP contribution in [0.5, 0.6) is 11.5 Å². The van der Waals surface area contributed by atoms with Gasteiger partial charge in [0.15, 0.2) is 0 Å². The maximum absolute atomic E-state index is 11.5. The van der Waals surface area contributed by atoms with Crippen LogP contribution in [0.2, 0.25) is 0 Å². The van der Waals surface area contributed by atoms with Gasteiger partial charge in [0.2, 0.25) is 11.1 Å². The Hall–Kier alpha value is -3.54. The lowest BCUT2D eigenvalue weighted by Crippen LogP contribution is -2.05. The number of benzene rings is 2. The first-order chi connectivity index (χ1) is 12.0. The van der Waals surface area contributed by atoms with Gasteiger partial charge in [-0.3, -0.25) is 9.59 Å². The summed E-state index contributed by atoms with van der Waals surface area (Å²) >= 11 is 0. The van der Waals surface area contributed by atoms with Gasteiger partial charge >= 0.3 is 0 Å². The Morgan fingerprint density at radius 1 is 0.640 bits per heavy atom. The average Bonchev–Trinajstić information content (AvgIpc) is 2.60. The van der Waals surface area contributed by atoms with Gasteiger partial charge in [-0.1, -0.05) is 12.1 Å². The van der Waals surface area contributed by atoms with Crippen LogP contribution in [0.1, 0.15) is 11.1 Å². The zero-order valence-electron chi connectivity index (χ0n) is 13.0. The number of aromatic hydroxyl groups is 2. The van der Waals surface area contributed by atoms with E-state index < -0.39 is 0 Å². The van der Waals surface area contributed by atoms with Crippen molar-refractivity contribution in [3.05, 3.63) is 80.4 Å². The summed E-state index contributed by atoms with van der Waals surface area (Å²) in [4.78, 5) is 28.3. The first-order valence-corrected chi connectivity index (χ1v) is 7.71. The number of rotatable bonds is 2. The van der Waals surface area contributed by atoms with Crippen molar-refractivity contribution in [2.45, 2.75) is 6.42 Å². The van der Waals surface area contributed by atoms with E-state index in [4.69, 9.17) is 0 Å². The Kier molecular flexibility index (Phi) is 3.32. The molecule has 0 amide bonds. The molecule has 0 aliphatic carbocycles. The highest BCUT2D eigenvalue weighted by Gasteiger charge is 2.11. The summed E-state index contributed by atoms with van der Waals surface area (Å²) in [6.07, 6.45) is 0.506. The number of hydrogen-bond acceptors (Lipinski definition) is 4. The molecule has 124 valence electrons. The van der Waals surface area contributed by atoms with Crippen LogP contribution in [0.25, 0.3) is 21.8 Å². The Labute approximate surface area is 141 Å². The lowest BCUT2D eigenvalue weighted by atomic mass is 9.97. The summed E-state index contributed by atoms with van der Waals surface area (Å²) in [5, 5.41) is 21.4. The molecule has 2 aromatic heterocycles. The van der Waals surface area contributed by atoms with Crippen molar-refractivity contribution in [3.63, 3.8) is 0 Å². The number of phenols is 2. The number of aromatic amines is 2. The fraction of sp³-hybridized carbons (Fsp3) is 0.0526. The molecule has 6 heteroatoms. The van der Waals surface area contributed by atoms with Crippen molar-refractivity contribution in [2.24, 2.45) is 0 Å². The molecule has 4 aromatic rings. The molecule has 0 radical (unpaired) electrons. The van der Waals surface area contributed by atoms with Gasteiger partial charge in [0.05, 0.1) is 11.0 Å². The zero-order valence-corrected chi connectivity index (χ0v) is 13.0. The Balaban J connectivity index is 1.92. The highest BCUT2D eigenvalue weighted by molar-refractivity contribution is 5.90. The fourth-order valence-electron chi connectivity index (χ4n) is 3.11. The fourth-order valence-corrected chi connectivity index (χ4v) is 3.11. The van der Waals surface area contributed by atoms with E-state index in [1.54, 1.807) is 24.3 Å². The van der Waals surface area contributed by atoms with Crippen LogP contribution in [-0.2, 0) is 6.42 Å². The van der Waals surface area contributed by atoms with Crippen molar-refractivity contribution in [1.29, 1.82) is 0 Å². The van der Waals surface area contributed by atoms with E-state index in [9.17, 15) is 19.8 Å². The number of fused-ring (bicyclic) bond motifs is 2. The third-order valence-electron chi connectivity index (χ3n) is 4.31. The number of aromatic nitrogens is 2. The van der Waals surface area contributed by atoms with Crippen molar-refractivity contribution in [1.82, 2.24) is 9.97 Å². The maximum atomic E-state index is 11.5. The van der Waals surface area contributed by atoms with Crippen LogP contribution in [-0.4, -0.2) is 20.2 Å². The molecular formula is C19H14N2O4. The second kappa shape index (κ2) is 5.52. The molecule has 0 saturated heterocycles. The van der Waals surface area contributed by atoms with E-state index in [1.165, 1.54) is 24.3 Å². The van der Waals surface area contributed by atoms with Gasteiger partial charge in [-0.2, -0.15) is 0 Å². The standard InChI is InChI=1S/C19H14N2O4/c22-14-5-1-10(12-3-7-16(24)20-18(12)14)9-11-2-6-15(23)19-13(11)4-8-17(25)21-19/h1-8,22-23H,9H2,(H,20,24)(H,21,25). The lowest BCUT2D eigenvalue weighted by Gasteiger charge is -2.11. The third kappa shape index (κ3) is 2.53. The lowest BCUT2D eigenvalue weighted by molar-refractivity contribution is 0.480. The Bertz CT molecular complexity index is 1140. The molecule has 0 aliphatic rings. The molecule has 0 unspecified atom stereocenters. The SMILES string of the molecule is O=c1ccc2c(Cc3ccc(O)c4[nH]c(=O)ccc34)ccc(O)c2[nH]1. The first-order valence-electron chi connectivity index (χ1n) is 7.71. The first kappa shape index (κ1) is 15.0. The van der Waals surface area contributed by atoms with E-state index in [-0.39, 0.29) is 22.6 Å². The van der Waals surface area contributed by atoms with Gasteiger partial charge in [-0.15, -0.1) is 0 Å². The van der Waals surface area contributed by atoms with Crippen molar-refractivity contribution < 1.29 is 10.2 Å². The molecule has 4 rings (SSSR count). The van der Waals surface area contributed by atoms with Crippen LogP contribution in [0, 0.1) is 0 Å². The van der Waals surface area contributed by atoms with Crippen molar-refractivity contribution >= 4 is 21.8 Å². The minimum absolute atomic E-state index is 0.0105. The molecule has 0 spiro atoms. The summed E-state index contributed by atoms with van der Waals surface area (Å²) in [5.41, 5.74) is 2.02. The number of hydrogen-bond donors (Lipinski definition) is 4. The van der Waals surface area contributed by atoms with Crippen LogP contribution in [0.15, 0.2) is 58.1 Å². The summed E-state index contributed by atoms with van der Waals surface area (Å²) in [6, 6.07) is 12.8. The van der Waals surface area contributed by atoms with Crippen LogP contribution in [0.3, 0.4) is 0 Å². The monoisotopic (exact) mass is 334 g/mol. The van der Waals surface area contributed by atoms with E-state index in [0.29, 0.717) is 17.5 Å². The van der Waals surface area contributed by atoms with Crippen LogP contribution < -0.4 is 11.1 Å². The van der Waals surface area contributed by atoms with Gasteiger partial charge in [0.25, 0.3) is 0 Å². The molecule has 2 aromatic carbocycles. The molecule has 4 N–H and O–H groups in total. The second-order valence-corrected chi connectivity index (χ2v) is 5.89. The number of H-pyrrole nitrogens is 2. The highest BCUT2D eigenvalue weighted by atomic mass is 16.3. The van der Waals surface area contributed by atoms with E-state index >= 15 is 0 Å². The van der Waals surface area contributed by atoms with Gasteiger partial charge in [-0.05, 0) is 41.8 Å². The third-order valence-corrected chi connectivity index (χ3v) is 4.31. The largest absolute Gasteiger partial charge is 0.506 e. The Morgan fingerprint density at radius 2 is 1.08 bits per heavy atom.